The van der Waals surface area contributed by atoms with Crippen LogP contribution in [0.15, 0.2) is 23.7 Å². The average molecular weight is 353 g/mol. The predicted molar refractivity (Wildman–Crippen MR) is 88.7 cm³/mol. The SMILES string of the molecule is COc1cc2c(cc1NS(C)(=O)=O)NC(=O)CC2c1cnsc1. The minimum Gasteiger partial charge on any atom is -0.495 e. The second-order valence-electron chi connectivity index (χ2n) is 5.28. The van der Waals surface area contributed by atoms with E-state index in [-0.39, 0.29) is 17.5 Å². The maximum atomic E-state index is 12.0. The summed E-state index contributed by atoms with van der Waals surface area (Å²) in [6.45, 7) is 0. The number of sulfonamides is 1. The molecule has 3 rings (SSSR count). The van der Waals surface area contributed by atoms with Crippen molar-refractivity contribution in [2.75, 3.05) is 23.4 Å². The second-order valence-corrected chi connectivity index (χ2v) is 7.68. The highest BCUT2D eigenvalue weighted by molar-refractivity contribution is 7.92. The third-order valence-electron chi connectivity index (χ3n) is 3.56. The number of rotatable bonds is 4. The van der Waals surface area contributed by atoms with Crippen molar-refractivity contribution in [3.8, 4) is 5.75 Å². The van der Waals surface area contributed by atoms with Crippen LogP contribution in [0.3, 0.4) is 0 Å². The molecule has 122 valence electrons. The number of fused-ring (bicyclic) bond motifs is 1. The average Bonchev–Trinajstić information content (AvgIpc) is 2.98. The maximum Gasteiger partial charge on any atom is 0.229 e. The van der Waals surface area contributed by atoms with Crippen LogP contribution in [0.2, 0.25) is 0 Å². The van der Waals surface area contributed by atoms with Gasteiger partial charge in [0.15, 0.2) is 0 Å². The Balaban J connectivity index is 2.11. The van der Waals surface area contributed by atoms with E-state index in [1.165, 1.54) is 18.6 Å². The summed E-state index contributed by atoms with van der Waals surface area (Å²) < 4.78 is 34.8. The van der Waals surface area contributed by atoms with E-state index < -0.39 is 10.0 Å². The van der Waals surface area contributed by atoms with Gasteiger partial charge in [0, 0.05) is 29.6 Å². The Bertz CT molecular complexity index is 847. The number of hydrogen-bond donors (Lipinski definition) is 2. The molecule has 0 fully saturated rings. The van der Waals surface area contributed by atoms with Crippen LogP contribution in [0.25, 0.3) is 0 Å². The molecular formula is C14H15N3O4S2. The minimum atomic E-state index is -3.46. The number of methoxy groups -OCH3 is 1. The van der Waals surface area contributed by atoms with Crippen molar-refractivity contribution in [1.82, 2.24) is 4.37 Å². The first kappa shape index (κ1) is 15.8. The zero-order valence-corrected chi connectivity index (χ0v) is 14.1. The van der Waals surface area contributed by atoms with Gasteiger partial charge in [-0.3, -0.25) is 9.52 Å². The number of carbonyl (C=O) groups is 1. The lowest BCUT2D eigenvalue weighted by atomic mass is 9.86. The van der Waals surface area contributed by atoms with Crippen molar-refractivity contribution in [2.45, 2.75) is 12.3 Å². The van der Waals surface area contributed by atoms with Crippen LogP contribution in [-0.4, -0.2) is 32.1 Å². The minimum absolute atomic E-state index is 0.121. The molecule has 2 aromatic rings. The molecule has 2 N–H and O–H groups in total. The van der Waals surface area contributed by atoms with Crippen molar-refractivity contribution in [3.05, 3.63) is 34.8 Å². The molecule has 0 spiro atoms. The lowest BCUT2D eigenvalue weighted by molar-refractivity contribution is -0.116. The first-order chi connectivity index (χ1) is 10.9. The summed E-state index contributed by atoms with van der Waals surface area (Å²) in [6.07, 6.45) is 3.12. The zero-order valence-electron chi connectivity index (χ0n) is 12.5. The number of amides is 1. The van der Waals surface area contributed by atoms with Crippen molar-refractivity contribution < 1.29 is 17.9 Å². The Labute approximate surface area is 137 Å². The van der Waals surface area contributed by atoms with Crippen LogP contribution in [-0.2, 0) is 14.8 Å². The smallest absolute Gasteiger partial charge is 0.229 e. The largest absolute Gasteiger partial charge is 0.495 e. The first-order valence-electron chi connectivity index (χ1n) is 6.76. The van der Waals surface area contributed by atoms with Gasteiger partial charge in [-0.2, -0.15) is 0 Å². The van der Waals surface area contributed by atoms with Gasteiger partial charge in [0.05, 0.1) is 19.1 Å². The van der Waals surface area contributed by atoms with Crippen LogP contribution in [0.1, 0.15) is 23.5 Å². The third kappa shape index (κ3) is 3.30. The molecule has 1 unspecified atom stereocenters. The number of nitrogens with one attached hydrogen (secondary N) is 2. The van der Waals surface area contributed by atoms with Crippen LogP contribution in [0.5, 0.6) is 5.75 Å². The predicted octanol–water partition coefficient (Wildman–Crippen LogP) is 2.00. The summed E-state index contributed by atoms with van der Waals surface area (Å²) in [5, 5.41) is 4.69. The van der Waals surface area contributed by atoms with Crippen LogP contribution in [0, 0.1) is 0 Å². The van der Waals surface area contributed by atoms with Gasteiger partial charge in [-0.1, -0.05) is 0 Å². The van der Waals surface area contributed by atoms with Gasteiger partial charge in [-0.25, -0.2) is 12.8 Å². The second kappa shape index (κ2) is 5.82. The molecule has 23 heavy (non-hydrogen) atoms. The highest BCUT2D eigenvalue weighted by Crippen LogP contribution is 2.42. The molecular weight excluding hydrogens is 338 g/mol. The van der Waals surface area contributed by atoms with E-state index in [4.69, 9.17) is 4.74 Å². The maximum absolute atomic E-state index is 12.0. The van der Waals surface area contributed by atoms with Crippen molar-refractivity contribution in [2.24, 2.45) is 0 Å². The highest BCUT2D eigenvalue weighted by atomic mass is 32.2. The first-order valence-corrected chi connectivity index (χ1v) is 9.49. The number of anilines is 2. The molecule has 1 aliphatic heterocycles. The fourth-order valence-corrected chi connectivity index (χ4v) is 3.77. The van der Waals surface area contributed by atoms with Crippen LogP contribution in [0.4, 0.5) is 11.4 Å². The molecule has 1 amide bonds. The standard InChI is InChI=1S/C14H15N3O4S2/c1-21-13-3-10-9(8-6-15-22-7-8)4-14(18)16-11(10)5-12(13)17-23(2,19)20/h3,5-7,9,17H,4H2,1-2H3,(H,16,18). The van der Waals surface area contributed by atoms with Crippen LogP contribution >= 0.6 is 11.5 Å². The molecule has 2 heterocycles. The molecule has 0 saturated heterocycles. The molecule has 1 aromatic carbocycles. The van der Waals surface area contributed by atoms with Gasteiger partial charge in [0.1, 0.15) is 5.75 Å². The Hall–Kier alpha value is -2.13. The zero-order chi connectivity index (χ0) is 16.6. The number of hydrogen-bond acceptors (Lipinski definition) is 6. The summed E-state index contributed by atoms with van der Waals surface area (Å²) in [5.74, 6) is 0.154. The summed E-state index contributed by atoms with van der Waals surface area (Å²) in [4.78, 5) is 12.0. The van der Waals surface area contributed by atoms with E-state index in [1.54, 1.807) is 18.3 Å². The molecule has 0 bridgehead atoms. The molecule has 7 nitrogen and oxygen atoms in total. The Morgan fingerprint density at radius 2 is 2.22 bits per heavy atom. The van der Waals surface area contributed by atoms with Gasteiger partial charge in [-0.05, 0) is 34.8 Å². The summed E-state index contributed by atoms with van der Waals surface area (Å²) >= 11 is 1.33. The monoisotopic (exact) mass is 353 g/mol. The fourth-order valence-electron chi connectivity index (χ4n) is 2.62. The molecule has 0 aliphatic carbocycles. The summed E-state index contributed by atoms with van der Waals surface area (Å²) in [5.41, 5.74) is 2.69. The van der Waals surface area contributed by atoms with E-state index in [9.17, 15) is 13.2 Å². The Kier molecular flexibility index (Phi) is 3.99. The summed E-state index contributed by atoms with van der Waals surface area (Å²) in [6, 6.07) is 3.34. The Morgan fingerprint density at radius 3 is 2.83 bits per heavy atom. The van der Waals surface area contributed by atoms with E-state index in [2.05, 4.69) is 14.4 Å². The molecule has 0 radical (unpaired) electrons. The van der Waals surface area contributed by atoms with Gasteiger partial charge in [-0.15, -0.1) is 0 Å². The molecule has 9 heteroatoms. The third-order valence-corrected chi connectivity index (χ3v) is 4.76. The van der Waals surface area contributed by atoms with Crippen LogP contribution < -0.4 is 14.8 Å². The molecule has 1 atom stereocenters. The molecule has 1 aliphatic rings. The van der Waals surface area contributed by atoms with Crippen molar-refractivity contribution in [1.29, 1.82) is 0 Å². The van der Waals surface area contributed by atoms with E-state index in [0.717, 1.165) is 17.4 Å². The van der Waals surface area contributed by atoms with E-state index in [1.807, 2.05) is 5.38 Å². The lowest BCUT2D eigenvalue weighted by Gasteiger charge is -2.26. The number of ether oxygens (including phenoxy) is 1. The van der Waals surface area contributed by atoms with Crippen molar-refractivity contribution >= 4 is 38.8 Å². The summed E-state index contributed by atoms with van der Waals surface area (Å²) in [7, 11) is -1.99. The van der Waals surface area contributed by atoms with Gasteiger partial charge < -0.3 is 10.1 Å². The number of carbonyl (C=O) groups excluding carboxylic acids is 1. The fraction of sp³-hybridized carbons (Fsp3) is 0.286. The normalized spacial score (nSPS) is 17.3. The van der Waals surface area contributed by atoms with Gasteiger partial charge in [0.25, 0.3) is 0 Å². The van der Waals surface area contributed by atoms with Gasteiger partial charge in [0.2, 0.25) is 15.9 Å². The molecule has 0 saturated carbocycles. The number of aromatic nitrogens is 1. The quantitative estimate of drug-likeness (QED) is 0.876. The molecule has 1 aromatic heterocycles. The van der Waals surface area contributed by atoms with E-state index in [0.29, 0.717) is 17.9 Å². The number of benzene rings is 1. The lowest BCUT2D eigenvalue weighted by Crippen LogP contribution is -2.24. The highest BCUT2D eigenvalue weighted by Gasteiger charge is 2.29. The van der Waals surface area contributed by atoms with Gasteiger partial charge >= 0.3 is 0 Å². The Morgan fingerprint density at radius 1 is 1.43 bits per heavy atom. The number of nitrogens with zero attached hydrogens (tertiary/aromatic N) is 1. The van der Waals surface area contributed by atoms with E-state index >= 15 is 0 Å². The topological polar surface area (TPSA) is 97.4 Å². The van der Waals surface area contributed by atoms with Crippen molar-refractivity contribution in [3.63, 3.8) is 0 Å².